The molecule has 112 valence electrons. The normalized spacial score (nSPS) is 10.4. The van der Waals surface area contributed by atoms with Gasteiger partial charge in [0.2, 0.25) is 0 Å². The number of carbonyl (C=O) groups excluding carboxylic acids is 2. The molecule has 4 heteroatoms. The maximum absolute atomic E-state index is 11.3. The lowest BCUT2D eigenvalue weighted by Crippen LogP contribution is -2.08. The maximum Gasteiger partial charge on any atom is 0.313 e. The van der Waals surface area contributed by atoms with Crippen molar-refractivity contribution in [2.45, 2.75) is 70.6 Å². The monoisotopic (exact) mass is 334 g/mol. The first-order chi connectivity index (χ1) is 9.20. The number of esters is 1. The molecule has 0 spiro atoms. The van der Waals surface area contributed by atoms with Crippen molar-refractivity contribution in [1.82, 2.24) is 0 Å². The summed E-state index contributed by atoms with van der Waals surface area (Å²) in [6.45, 7) is 0. The van der Waals surface area contributed by atoms with E-state index >= 15 is 0 Å². The standard InChI is InChI=1S/C15H27BrO3/c1-19-15(18)13-14(17)11-9-7-5-3-2-4-6-8-10-12-16/h2-13H2,1H3. The lowest BCUT2D eigenvalue weighted by molar-refractivity contribution is -0.143. The molecule has 0 aromatic heterocycles. The Morgan fingerprint density at radius 2 is 1.32 bits per heavy atom. The number of ether oxygens (including phenoxy) is 1. The topological polar surface area (TPSA) is 43.4 Å². The minimum Gasteiger partial charge on any atom is -0.469 e. The Hall–Kier alpha value is -0.380. The highest BCUT2D eigenvalue weighted by Gasteiger charge is 2.08. The van der Waals surface area contributed by atoms with Crippen molar-refractivity contribution >= 4 is 27.7 Å². The summed E-state index contributed by atoms with van der Waals surface area (Å²) in [6, 6.07) is 0. The van der Waals surface area contributed by atoms with Gasteiger partial charge in [-0.3, -0.25) is 9.59 Å². The van der Waals surface area contributed by atoms with Crippen LogP contribution in [0.15, 0.2) is 0 Å². The summed E-state index contributed by atoms with van der Waals surface area (Å²) in [5.74, 6) is -0.421. The van der Waals surface area contributed by atoms with Gasteiger partial charge in [0.05, 0.1) is 7.11 Å². The fraction of sp³-hybridized carbons (Fsp3) is 0.867. The number of Topliss-reactive ketones (excluding diaryl/α,β-unsaturated/α-hetero) is 1. The summed E-state index contributed by atoms with van der Waals surface area (Å²) in [6.07, 6.45) is 11.5. The van der Waals surface area contributed by atoms with Gasteiger partial charge in [-0.25, -0.2) is 0 Å². The summed E-state index contributed by atoms with van der Waals surface area (Å²) in [5, 5.41) is 1.12. The number of carbonyl (C=O) groups is 2. The molecule has 0 aliphatic carbocycles. The highest BCUT2D eigenvalue weighted by Crippen LogP contribution is 2.11. The van der Waals surface area contributed by atoms with Crippen LogP contribution in [0.4, 0.5) is 0 Å². The number of hydrogen-bond acceptors (Lipinski definition) is 3. The second-order valence-corrected chi connectivity index (χ2v) is 5.71. The van der Waals surface area contributed by atoms with Crippen LogP contribution in [0, 0.1) is 0 Å². The van der Waals surface area contributed by atoms with E-state index in [1.165, 1.54) is 52.1 Å². The van der Waals surface area contributed by atoms with Gasteiger partial charge in [-0.15, -0.1) is 0 Å². The Morgan fingerprint density at radius 3 is 1.79 bits per heavy atom. The van der Waals surface area contributed by atoms with Crippen LogP contribution in [0.25, 0.3) is 0 Å². The average Bonchev–Trinajstić information content (AvgIpc) is 2.40. The Bertz CT molecular complexity index is 242. The van der Waals surface area contributed by atoms with Crippen molar-refractivity contribution in [3.8, 4) is 0 Å². The Kier molecular flexibility index (Phi) is 13.8. The smallest absolute Gasteiger partial charge is 0.313 e. The van der Waals surface area contributed by atoms with Gasteiger partial charge in [0.15, 0.2) is 0 Å². The minimum atomic E-state index is -0.423. The molecule has 0 unspecified atom stereocenters. The van der Waals surface area contributed by atoms with E-state index < -0.39 is 5.97 Å². The second kappa shape index (κ2) is 14.0. The molecule has 0 saturated carbocycles. The second-order valence-electron chi connectivity index (χ2n) is 4.91. The largest absolute Gasteiger partial charge is 0.469 e. The number of rotatable bonds is 13. The van der Waals surface area contributed by atoms with Crippen molar-refractivity contribution in [3.63, 3.8) is 0 Å². The molecule has 0 fully saturated rings. The van der Waals surface area contributed by atoms with E-state index in [9.17, 15) is 9.59 Å². The molecular weight excluding hydrogens is 308 g/mol. The molecule has 19 heavy (non-hydrogen) atoms. The Labute approximate surface area is 125 Å². The predicted octanol–water partition coefficient (Wildman–Crippen LogP) is 4.41. The van der Waals surface area contributed by atoms with Gasteiger partial charge in [0.25, 0.3) is 0 Å². The first-order valence-electron chi connectivity index (χ1n) is 7.35. The fourth-order valence-electron chi connectivity index (χ4n) is 1.98. The van der Waals surface area contributed by atoms with Crippen molar-refractivity contribution < 1.29 is 14.3 Å². The van der Waals surface area contributed by atoms with E-state index in [1.54, 1.807) is 0 Å². The fourth-order valence-corrected chi connectivity index (χ4v) is 2.37. The summed E-state index contributed by atoms with van der Waals surface area (Å²) in [7, 11) is 1.31. The van der Waals surface area contributed by atoms with E-state index in [1.807, 2.05) is 0 Å². The number of methoxy groups -OCH3 is 1. The maximum atomic E-state index is 11.3. The molecule has 0 bridgehead atoms. The zero-order chi connectivity index (χ0) is 14.3. The van der Waals surface area contributed by atoms with E-state index in [-0.39, 0.29) is 12.2 Å². The van der Waals surface area contributed by atoms with Crippen LogP contribution in [0.2, 0.25) is 0 Å². The number of ketones is 1. The highest BCUT2D eigenvalue weighted by atomic mass is 79.9. The first-order valence-corrected chi connectivity index (χ1v) is 8.47. The molecule has 0 atom stereocenters. The van der Waals surface area contributed by atoms with E-state index in [0.29, 0.717) is 6.42 Å². The van der Waals surface area contributed by atoms with Crippen LogP contribution >= 0.6 is 15.9 Å². The van der Waals surface area contributed by atoms with Crippen LogP contribution in [-0.4, -0.2) is 24.2 Å². The zero-order valence-electron chi connectivity index (χ0n) is 12.1. The molecule has 0 rings (SSSR count). The van der Waals surface area contributed by atoms with Gasteiger partial charge in [0, 0.05) is 11.8 Å². The van der Waals surface area contributed by atoms with Crippen LogP contribution < -0.4 is 0 Å². The van der Waals surface area contributed by atoms with Crippen LogP contribution in [0.5, 0.6) is 0 Å². The third-order valence-electron chi connectivity index (χ3n) is 3.16. The Balaban J connectivity index is 3.18. The molecule has 0 heterocycles. The highest BCUT2D eigenvalue weighted by molar-refractivity contribution is 9.09. The number of unbranched alkanes of at least 4 members (excludes halogenated alkanes) is 8. The van der Waals surface area contributed by atoms with Crippen molar-refractivity contribution in [2.24, 2.45) is 0 Å². The van der Waals surface area contributed by atoms with Crippen LogP contribution in [0.3, 0.4) is 0 Å². The molecule has 0 aliphatic rings. The molecule has 0 radical (unpaired) electrons. The zero-order valence-corrected chi connectivity index (χ0v) is 13.7. The molecule has 0 saturated heterocycles. The number of halogens is 1. The number of alkyl halides is 1. The van der Waals surface area contributed by atoms with Gasteiger partial charge in [-0.2, -0.15) is 0 Å². The van der Waals surface area contributed by atoms with E-state index in [0.717, 1.165) is 18.2 Å². The molecule has 0 aromatic carbocycles. The molecule has 3 nitrogen and oxygen atoms in total. The molecular formula is C15H27BrO3. The summed E-state index contributed by atoms with van der Waals surface area (Å²) in [4.78, 5) is 22.2. The van der Waals surface area contributed by atoms with E-state index in [4.69, 9.17) is 0 Å². The van der Waals surface area contributed by atoms with Gasteiger partial charge >= 0.3 is 5.97 Å². The third kappa shape index (κ3) is 13.8. The van der Waals surface area contributed by atoms with Crippen molar-refractivity contribution in [2.75, 3.05) is 12.4 Å². The van der Waals surface area contributed by atoms with Crippen molar-refractivity contribution in [3.05, 3.63) is 0 Å². The summed E-state index contributed by atoms with van der Waals surface area (Å²) >= 11 is 3.44. The van der Waals surface area contributed by atoms with Crippen molar-refractivity contribution in [1.29, 1.82) is 0 Å². The van der Waals surface area contributed by atoms with Crippen LogP contribution in [0.1, 0.15) is 70.6 Å². The van der Waals surface area contributed by atoms with Gasteiger partial charge in [0.1, 0.15) is 12.2 Å². The Morgan fingerprint density at radius 1 is 0.842 bits per heavy atom. The molecule has 0 aromatic rings. The molecule has 0 N–H and O–H groups in total. The minimum absolute atomic E-state index is 0.00150. The molecule has 0 amide bonds. The van der Waals surface area contributed by atoms with Crippen LogP contribution in [-0.2, 0) is 14.3 Å². The van der Waals surface area contributed by atoms with Gasteiger partial charge in [-0.1, -0.05) is 60.9 Å². The SMILES string of the molecule is COC(=O)CC(=O)CCCCCCCCCCCBr. The third-order valence-corrected chi connectivity index (χ3v) is 3.72. The lowest BCUT2D eigenvalue weighted by atomic mass is 10.0. The average molecular weight is 335 g/mol. The molecule has 0 aliphatic heterocycles. The first kappa shape index (κ1) is 18.6. The quantitative estimate of drug-likeness (QED) is 0.217. The summed E-state index contributed by atoms with van der Waals surface area (Å²) in [5.41, 5.74) is 0. The van der Waals surface area contributed by atoms with Gasteiger partial charge < -0.3 is 4.74 Å². The van der Waals surface area contributed by atoms with Gasteiger partial charge in [-0.05, 0) is 12.8 Å². The van der Waals surface area contributed by atoms with E-state index in [2.05, 4.69) is 20.7 Å². The summed E-state index contributed by atoms with van der Waals surface area (Å²) < 4.78 is 4.46. The predicted molar refractivity (Wildman–Crippen MR) is 81.6 cm³/mol. The number of hydrogen-bond donors (Lipinski definition) is 0. The lowest BCUT2D eigenvalue weighted by Gasteiger charge is -2.02.